The molecule has 5 fully saturated rings. The summed E-state index contributed by atoms with van der Waals surface area (Å²) in [5.74, 6) is 4.77. The molecule has 11 heterocycles. The third-order valence-electron chi connectivity index (χ3n) is 17.6. The molecule has 0 bridgehead atoms. The number of nitrogens with zero attached hydrogens (tertiary/aromatic N) is 14. The van der Waals surface area contributed by atoms with Crippen LogP contribution in [-0.2, 0) is 26.8 Å². The first-order valence-corrected chi connectivity index (χ1v) is 31.9. The van der Waals surface area contributed by atoms with Gasteiger partial charge in [-0.2, -0.15) is 10.2 Å². The largest absolute Gasteiger partial charge is 0.465 e. The standard InChI is InChI=1S/C39H44ClN9O6S.C21H22ClN9OS/c1-23-18-28(46-55-23)39(22-48(37(51)52)20-24-10-6-5-7-11-24)25-14-16-47(21-26(25)39)29-19-42-32-34(43-29)49(30-12-8-9-17-53-30)45-35(32)56-27-13-15-41-33(31(27)40)44-36(50)54-38(2,3)4;1-10-6-14(30-32-10)21(9-23)11-3-5-31(8-12(11)21)15-7-26-17-19(27-15)28-29-20(17)33-13-2-4-25-18(24)16(13)22/h5-7,10-11,13,15,18-19,25-26,30H,8-9,12,14,16-17,20-22H2,1-4H3,(H,51,52)(H,41,44,50);2,4,6-7,11-12H,3,5,8-9,23H2,1H3,(H2,24,25)(H,27,28,29). The third kappa shape index (κ3) is 11.8. The second-order valence-corrected chi connectivity index (χ2v) is 27.0. The lowest BCUT2D eigenvalue weighted by Crippen LogP contribution is -2.38. The number of anilines is 4. The van der Waals surface area contributed by atoms with Crippen molar-refractivity contribution in [1.29, 1.82) is 0 Å². The third-order valence-corrected chi connectivity index (χ3v) is 20.6. The summed E-state index contributed by atoms with van der Waals surface area (Å²) < 4.78 is 24.3. The number of nitrogen functional groups attached to an aromatic ring is 1. The van der Waals surface area contributed by atoms with Gasteiger partial charge in [0.15, 0.2) is 33.4 Å². The zero-order chi connectivity index (χ0) is 61.9. The number of nitrogens with two attached hydrogens (primary N) is 2. The first-order valence-electron chi connectivity index (χ1n) is 29.5. The maximum absolute atomic E-state index is 12.7. The van der Waals surface area contributed by atoms with Crippen LogP contribution in [0.25, 0.3) is 22.3 Å². The van der Waals surface area contributed by atoms with E-state index < -0.39 is 23.2 Å². The number of aromatic nitrogens is 12. The summed E-state index contributed by atoms with van der Waals surface area (Å²) in [5, 5.41) is 36.1. The molecule has 0 spiro atoms. The Balaban J connectivity index is 0.000000187. The Bertz CT molecular complexity index is 4100. The molecule has 0 radical (unpaired) electrons. The highest BCUT2D eigenvalue weighted by molar-refractivity contribution is 7.99. The molecule has 2 aliphatic carbocycles. The summed E-state index contributed by atoms with van der Waals surface area (Å²) in [6, 6.07) is 17.2. The number of amides is 2. The lowest BCUT2D eigenvalue weighted by atomic mass is 9.95. The molecule has 14 rings (SSSR count). The van der Waals surface area contributed by atoms with Crippen molar-refractivity contribution in [3.05, 3.63) is 118 Å². The number of carbonyl (C=O) groups is 2. The van der Waals surface area contributed by atoms with Gasteiger partial charge in [-0.15, -0.1) is 0 Å². The molecule has 2 saturated carbocycles. The number of hydrogen-bond acceptors (Lipinski definition) is 22. The van der Waals surface area contributed by atoms with Crippen molar-refractivity contribution >= 4 is 105 Å². The van der Waals surface area contributed by atoms with E-state index in [1.54, 1.807) is 57.7 Å². The number of piperidine rings is 2. The molecule has 464 valence electrons. The fourth-order valence-corrected chi connectivity index (χ4v) is 15.5. The quantitative estimate of drug-likeness (QED) is 0.0637. The highest BCUT2D eigenvalue weighted by Crippen LogP contribution is 2.65. The number of rotatable bonds is 15. The van der Waals surface area contributed by atoms with E-state index in [-0.39, 0.29) is 46.7 Å². The van der Waals surface area contributed by atoms with Gasteiger partial charge in [-0.05, 0) is 108 Å². The van der Waals surface area contributed by atoms with Crippen LogP contribution in [0.15, 0.2) is 108 Å². The number of carbonyl (C=O) groups excluding carboxylic acids is 1. The molecular weight excluding hydrogens is 1220 g/mol. The Hall–Kier alpha value is -7.82. The minimum atomic E-state index is -0.972. The smallest absolute Gasteiger partial charge is 0.413 e. The topological polar surface area (TPSA) is 323 Å². The number of aryl methyl sites for hydroxylation is 2. The molecule has 7 unspecified atom stereocenters. The first-order chi connectivity index (χ1) is 42.9. The van der Waals surface area contributed by atoms with Gasteiger partial charge in [0, 0.05) is 97.6 Å². The van der Waals surface area contributed by atoms with Gasteiger partial charge in [-0.1, -0.05) is 87.4 Å². The summed E-state index contributed by atoms with van der Waals surface area (Å²) in [6.07, 6.45) is 9.41. The van der Waals surface area contributed by atoms with Gasteiger partial charge in [0.25, 0.3) is 0 Å². The van der Waals surface area contributed by atoms with Crippen molar-refractivity contribution < 1.29 is 33.2 Å². The Morgan fingerprint density at radius 1 is 0.820 bits per heavy atom. The first kappa shape index (κ1) is 60.1. The molecule has 89 heavy (non-hydrogen) atoms. The van der Waals surface area contributed by atoms with Crippen molar-refractivity contribution in [3.8, 4) is 0 Å². The van der Waals surface area contributed by atoms with Crippen LogP contribution in [0.3, 0.4) is 0 Å². The summed E-state index contributed by atoms with van der Waals surface area (Å²) in [7, 11) is 0. The predicted molar refractivity (Wildman–Crippen MR) is 334 cm³/mol. The zero-order valence-electron chi connectivity index (χ0n) is 49.5. The lowest BCUT2D eigenvalue weighted by Gasteiger charge is -2.28. The number of pyridine rings is 2. The highest BCUT2D eigenvalue weighted by atomic mass is 35.5. The normalized spacial score (nSPS) is 22.9. The molecule has 7 atom stereocenters. The van der Waals surface area contributed by atoms with Gasteiger partial charge in [0.2, 0.25) is 0 Å². The van der Waals surface area contributed by atoms with Gasteiger partial charge in [0.05, 0.1) is 33.8 Å². The van der Waals surface area contributed by atoms with E-state index in [1.165, 1.54) is 28.4 Å². The van der Waals surface area contributed by atoms with Gasteiger partial charge in [-0.3, -0.25) is 10.4 Å². The van der Waals surface area contributed by atoms with Gasteiger partial charge in [-0.25, -0.2) is 44.2 Å². The lowest BCUT2D eigenvalue weighted by molar-refractivity contribution is -0.0376. The van der Waals surface area contributed by atoms with Crippen LogP contribution in [0, 0.1) is 37.5 Å². The Kier molecular flexibility index (Phi) is 16.3. The van der Waals surface area contributed by atoms with Crippen molar-refractivity contribution in [2.24, 2.45) is 29.4 Å². The Morgan fingerprint density at radius 2 is 1.46 bits per heavy atom. The van der Waals surface area contributed by atoms with Crippen LogP contribution in [0.4, 0.5) is 32.9 Å². The van der Waals surface area contributed by atoms with Gasteiger partial charge < -0.3 is 49.8 Å². The summed E-state index contributed by atoms with van der Waals surface area (Å²) >= 11 is 15.7. The Morgan fingerprint density at radius 3 is 2.11 bits per heavy atom. The maximum atomic E-state index is 12.7. The van der Waals surface area contributed by atoms with Gasteiger partial charge in [0.1, 0.15) is 45.6 Å². The van der Waals surface area contributed by atoms with Crippen LogP contribution >= 0.6 is 46.7 Å². The number of nitrogens with one attached hydrogen (secondary N) is 2. The molecule has 3 saturated heterocycles. The summed E-state index contributed by atoms with van der Waals surface area (Å²) in [4.78, 5) is 60.4. The van der Waals surface area contributed by atoms with Crippen LogP contribution in [0.5, 0.6) is 0 Å². The van der Waals surface area contributed by atoms with Crippen molar-refractivity contribution in [2.45, 2.75) is 116 Å². The monoisotopic (exact) mass is 1280 g/mol. The average molecular weight is 1290 g/mol. The predicted octanol–water partition coefficient (Wildman–Crippen LogP) is 10.7. The number of benzene rings is 1. The minimum absolute atomic E-state index is 0.104. The molecular formula is C60H66Cl2N18O7S2. The average Bonchev–Trinajstić information content (AvgIpc) is 1.54. The van der Waals surface area contributed by atoms with E-state index in [0.717, 1.165) is 78.6 Å². The van der Waals surface area contributed by atoms with E-state index in [2.05, 4.69) is 50.6 Å². The molecule has 7 N–H and O–H groups in total. The second kappa shape index (κ2) is 24.2. The Labute approximate surface area is 529 Å². The molecule has 8 aromatic heterocycles. The number of aromatic amines is 1. The fraction of sp³-hybridized carbons (Fsp3) is 0.433. The molecule has 25 nitrogen and oxygen atoms in total. The fourth-order valence-electron chi connectivity index (χ4n) is 13.3. The van der Waals surface area contributed by atoms with Crippen molar-refractivity contribution in [2.75, 3.05) is 66.7 Å². The van der Waals surface area contributed by atoms with E-state index >= 15 is 0 Å². The number of H-pyrrole nitrogens is 1. The molecule has 1 aromatic carbocycles. The molecule has 3 aliphatic heterocycles. The molecule has 5 aliphatic rings. The van der Waals surface area contributed by atoms with E-state index in [0.29, 0.717) is 98.5 Å². The van der Waals surface area contributed by atoms with E-state index in [1.807, 2.05) is 61.0 Å². The van der Waals surface area contributed by atoms with Crippen molar-refractivity contribution in [1.82, 2.24) is 65.1 Å². The van der Waals surface area contributed by atoms with Crippen molar-refractivity contribution in [3.63, 3.8) is 0 Å². The van der Waals surface area contributed by atoms with E-state index in [4.69, 9.17) is 73.2 Å². The van der Waals surface area contributed by atoms with Gasteiger partial charge >= 0.3 is 12.2 Å². The maximum Gasteiger partial charge on any atom is 0.413 e. The number of ether oxygens (including phenoxy) is 2. The van der Waals surface area contributed by atoms with Crippen LogP contribution in [-0.4, -0.2) is 134 Å². The number of fused-ring (bicyclic) bond motifs is 4. The number of halogens is 2. The number of carboxylic acid groups (broad SMARTS) is 1. The molecule has 2 amide bonds. The zero-order valence-corrected chi connectivity index (χ0v) is 52.6. The highest BCUT2D eigenvalue weighted by Gasteiger charge is 2.69. The molecule has 9 aromatic rings. The van der Waals surface area contributed by atoms with E-state index in [9.17, 15) is 14.7 Å². The minimum Gasteiger partial charge on any atom is -0.465 e. The van der Waals surface area contributed by atoms with Crippen LogP contribution in [0.2, 0.25) is 10.0 Å². The van der Waals surface area contributed by atoms with Crippen LogP contribution < -0.4 is 26.6 Å². The molecule has 29 heteroatoms. The SMILES string of the molecule is Cc1cc(C2(CN(Cc3ccccc3)C(=O)O)C3CCN(c4cnc5c(Sc6ccnc(NC(=O)OC(C)(C)C)c6Cl)nn(C6CCCCO6)c5n4)CC32)no1.Cc1cc(C2(CN)C3CCN(c4cnc5c(Sc6ccnc(N)c6Cl)n[nH]c5n4)CC32)no1. The van der Waals surface area contributed by atoms with Crippen LogP contribution in [0.1, 0.15) is 87.6 Å². The number of hydrogen-bond donors (Lipinski definition) is 5. The second-order valence-electron chi connectivity index (χ2n) is 24.2. The summed E-state index contributed by atoms with van der Waals surface area (Å²) in [6.45, 7) is 14.0. The summed E-state index contributed by atoms with van der Waals surface area (Å²) in [5.41, 5.74) is 16.0.